The van der Waals surface area contributed by atoms with E-state index in [1.165, 1.54) is 17.8 Å². The van der Waals surface area contributed by atoms with Gasteiger partial charge in [-0.05, 0) is 31.5 Å². The van der Waals surface area contributed by atoms with E-state index in [-0.39, 0.29) is 11.6 Å². The number of aryl methyl sites for hydroxylation is 2. The molecule has 160 valence electrons. The smallest absolute Gasteiger partial charge is 0.173 e. The van der Waals surface area contributed by atoms with Gasteiger partial charge in [0.15, 0.2) is 5.78 Å². The molecule has 0 N–H and O–H groups in total. The van der Waals surface area contributed by atoms with Gasteiger partial charge in [0, 0.05) is 37.8 Å². The topological polar surface area (TPSA) is 49.3 Å². The van der Waals surface area contributed by atoms with Crippen LogP contribution >= 0.6 is 11.8 Å². The molecule has 1 aliphatic rings. The summed E-state index contributed by atoms with van der Waals surface area (Å²) in [5.41, 5.74) is 3.56. The Labute approximate surface area is 186 Å². The summed E-state index contributed by atoms with van der Waals surface area (Å²) >= 11 is 1.43. The first-order chi connectivity index (χ1) is 15.0. The van der Waals surface area contributed by atoms with E-state index in [0.717, 1.165) is 53.7 Å². The van der Waals surface area contributed by atoms with Gasteiger partial charge >= 0.3 is 0 Å². The maximum absolute atomic E-state index is 14.1. The molecule has 3 aromatic rings. The second kappa shape index (κ2) is 9.47. The van der Waals surface area contributed by atoms with Crippen LogP contribution in [0.3, 0.4) is 0 Å². The number of Topliss-reactive ketones (excluding diaryl/α,β-unsaturated/α-hetero) is 1. The number of piperazine rings is 1. The molecule has 0 aliphatic carbocycles. The molecule has 7 heteroatoms. The van der Waals surface area contributed by atoms with Crippen LogP contribution in [0.15, 0.2) is 59.9 Å². The number of aromatic nitrogens is 2. The monoisotopic (exact) mass is 436 g/mol. The van der Waals surface area contributed by atoms with Crippen molar-refractivity contribution in [1.29, 1.82) is 0 Å². The Hall–Kier alpha value is -2.93. The second-order valence-corrected chi connectivity index (χ2v) is 8.67. The minimum absolute atomic E-state index is 0.0983. The van der Waals surface area contributed by atoms with E-state index in [2.05, 4.69) is 19.8 Å². The first-order valence-electron chi connectivity index (χ1n) is 10.3. The summed E-state index contributed by atoms with van der Waals surface area (Å²) in [6.45, 7) is 6.92. The molecule has 0 spiro atoms. The van der Waals surface area contributed by atoms with E-state index in [1.807, 2.05) is 50.2 Å². The zero-order valence-electron chi connectivity index (χ0n) is 17.7. The first kappa shape index (κ1) is 21.3. The molecule has 5 nitrogen and oxygen atoms in total. The van der Waals surface area contributed by atoms with E-state index in [9.17, 15) is 9.18 Å². The number of nitrogens with zero attached hydrogens (tertiary/aromatic N) is 4. The summed E-state index contributed by atoms with van der Waals surface area (Å²) in [5, 5.41) is 0.777. The van der Waals surface area contributed by atoms with Crippen LogP contribution in [0.4, 0.5) is 15.9 Å². The number of hydrogen-bond donors (Lipinski definition) is 0. The van der Waals surface area contributed by atoms with Crippen molar-refractivity contribution in [2.24, 2.45) is 0 Å². The predicted molar refractivity (Wildman–Crippen MR) is 124 cm³/mol. The largest absolute Gasteiger partial charge is 0.366 e. The Morgan fingerprint density at radius 2 is 1.74 bits per heavy atom. The number of ketones is 1. The highest BCUT2D eigenvalue weighted by atomic mass is 32.2. The molecular formula is C24H25FN4OS. The van der Waals surface area contributed by atoms with Crippen LogP contribution in [0.2, 0.25) is 0 Å². The molecule has 1 aliphatic heterocycles. The maximum Gasteiger partial charge on any atom is 0.173 e. The third kappa shape index (κ3) is 5.05. The number of halogens is 1. The first-order valence-corrected chi connectivity index (χ1v) is 11.3. The SMILES string of the molecule is Cc1ccc(C(=O)CSc2cc(N3CCN(c4ccccc4F)CC3)ncn2)c(C)c1. The Kier molecular flexibility index (Phi) is 6.51. The summed E-state index contributed by atoms with van der Waals surface area (Å²) in [5.74, 6) is 1.08. The van der Waals surface area contributed by atoms with Gasteiger partial charge < -0.3 is 9.80 Å². The minimum Gasteiger partial charge on any atom is -0.366 e. The third-order valence-electron chi connectivity index (χ3n) is 5.46. The van der Waals surface area contributed by atoms with Gasteiger partial charge in [0.1, 0.15) is 23.0 Å². The second-order valence-electron chi connectivity index (χ2n) is 7.67. The molecule has 0 bridgehead atoms. The lowest BCUT2D eigenvalue weighted by Crippen LogP contribution is -2.47. The predicted octanol–water partition coefficient (Wildman–Crippen LogP) is 4.53. The molecule has 0 saturated carbocycles. The number of carbonyl (C=O) groups is 1. The van der Waals surface area contributed by atoms with E-state index in [1.54, 1.807) is 12.4 Å². The summed E-state index contributed by atoms with van der Waals surface area (Å²) < 4.78 is 14.1. The standard InChI is InChI=1S/C24H25FN4OS/c1-17-7-8-19(18(2)13-17)22(30)15-31-24-14-23(26-16-27-24)29-11-9-28(10-12-29)21-6-4-3-5-20(21)25/h3-8,13-14,16H,9-12,15H2,1-2H3. The lowest BCUT2D eigenvalue weighted by atomic mass is 10.0. The number of hydrogen-bond acceptors (Lipinski definition) is 6. The van der Waals surface area contributed by atoms with Gasteiger partial charge in [0.2, 0.25) is 0 Å². The lowest BCUT2D eigenvalue weighted by molar-refractivity contribution is 0.102. The quantitative estimate of drug-likeness (QED) is 0.321. The normalized spacial score (nSPS) is 14.0. The number of benzene rings is 2. The van der Waals surface area contributed by atoms with Crippen LogP contribution in [0, 0.1) is 19.7 Å². The zero-order chi connectivity index (χ0) is 21.8. The lowest BCUT2D eigenvalue weighted by Gasteiger charge is -2.36. The summed E-state index contributed by atoms with van der Waals surface area (Å²) in [4.78, 5) is 25.6. The van der Waals surface area contributed by atoms with Gasteiger partial charge in [-0.2, -0.15) is 0 Å². The molecular weight excluding hydrogens is 411 g/mol. The Balaban J connectivity index is 1.36. The number of thioether (sulfide) groups is 1. The van der Waals surface area contributed by atoms with Crippen LogP contribution in [0.5, 0.6) is 0 Å². The van der Waals surface area contributed by atoms with Crippen molar-refractivity contribution in [3.05, 3.63) is 77.4 Å². The van der Waals surface area contributed by atoms with E-state index in [0.29, 0.717) is 11.4 Å². The van der Waals surface area contributed by atoms with E-state index in [4.69, 9.17) is 0 Å². The molecule has 1 fully saturated rings. The van der Waals surface area contributed by atoms with Gasteiger partial charge in [-0.15, -0.1) is 0 Å². The van der Waals surface area contributed by atoms with Crippen LogP contribution in [0.1, 0.15) is 21.5 Å². The van der Waals surface area contributed by atoms with Crippen LogP contribution < -0.4 is 9.80 Å². The number of rotatable bonds is 6. The van der Waals surface area contributed by atoms with Crippen LogP contribution in [-0.2, 0) is 0 Å². The zero-order valence-corrected chi connectivity index (χ0v) is 18.5. The van der Waals surface area contributed by atoms with E-state index < -0.39 is 0 Å². The van der Waals surface area contributed by atoms with Crippen molar-refractivity contribution in [1.82, 2.24) is 9.97 Å². The number of para-hydroxylation sites is 1. The molecule has 0 unspecified atom stereocenters. The van der Waals surface area contributed by atoms with Crippen molar-refractivity contribution < 1.29 is 9.18 Å². The average Bonchev–Trinajstić information content (AvgIpc) is 2.78. The fourth-order valence-electron chi connectivity index (χ4n) is 3.81. The fraction of sp³-hybridized carbons (Fsp3) is 0.292. The minimum atomic E-state index is -0.190. The highest BCUT2D eigenvalue weighted by Gasteiger charge is 2.20. The molecule has 1 aromatic heterocycles. The highest BCUT2D eigenvalue weighted by molar-refractivity contribution is 7.99. The average molecular weight is 437 g/mol. The fourth-order valence-corrected chi connectivity index (χ4v) is 4.56. The van der Waals surface area contributed by atoms with Crippen molar-refractivity contribution in [2.75, 3.05) is 41.7 Å². The Morgan fingerprint density at radius 3 is 2.48 bits per heavy atom. The highest BCUT2D eigenvalue weighted by Crippen LogP contribution is 2.25. The third-order valence-corrected chi connectivity index (χ3v) is 6.38. The van der Waals surface area contributed by atoms with Crippen LogP contribution in [0.25, 0.3) is 0 Å². The van der Waals surface area contributed by atoms with Crippen molar-refractivity contribution in [2.45, 2.75) is 18.9 Å². The van der Waals surface area contributed by atoms with Crippen molar-refractivity contribution in [3.8, 4) is 0 Å². The molecule has 0 amide bonds. The molecule has 31 heavy (non-hydrogen) atoms. The van der Waals surface area contributed by atoms with Gasteiger partial charge in [-0.25, -0.2) is 14.4 Å². The van der Waals surface area contributed by atoms with Crippen molar-refractivity contribution >= 4 is 29.1 Å². The molecule has 2 heterocycles. The molecule has 0 radical (unpaired) electrons. The van der Waals surface area contributed by atoms with Crippen LogP contribution in [-0.4, -0.2) is 47.7 Å². The summed E-state index contributed by atoms with van der Waals surface area (Å²) in [6, 6.07) is 14.7. The van der Waals surface area contributed by atoms with Gasteiger partial charge in [-0.3, -0.25) is 4.79 Å². The van der Waals surface area contributed by atoms with Gasteiger partial charge in [-0.1, -0.05) is 47.7 Å². The van der Waals surface area contributed by atoms with E-state index >= 15 is 0 Å². The molecule has 2 aromatic carbocycles. The van der Waals surface area contributed by atoms with Crippen molar-refractivity contribution in [3.63, 3.8) is 0 Å². The maximum atomic E-state index is 14.1. The molecule has 0 atom stereocenters. The Bertz CT molecular complexity index is 1080. The molecule has 1 saturated heterocycles. The van der Waals surface area contributed by atoms with Gasteiger partial charge in [0.25, 0.3) is 0 Å². The Morgan fingerprint density at radius 1 is 1.00 bits per heavy atom. The number of anilines is 2. The van der Waals surface area contributed by atoms with Gasteiger partial charge in [0.05, 0.1) is 11.4 Å². The molecule has 4 rings (SSSR count). The number of carbonyl (C=O) groups excluding carboxylic acids is 1. The summed E-state index contributed by atoms with van der Waals surface area (Å²) in [7, 11) is 0. The summed E-state index contributed by atoms with van der Waals surface area (Å²) in [6.07, 6.45) is 1.54.